The lowest BCUT2D eigenvalue weighted by molar-refractivity contribution is 0.201. The molecule has 1 rings (SSSR count). The predicted molar refractivity (Wildman–Crippen MR) is 67.2 cm³/mol. The highest BCUT2D eigenvalue weighted by molar-refractivity contribution is 9.10. The van der Waals surface area contributed by atoms with Crippen molar-refractivity contribution >= 4 is 28.6 Å². The second kappa shape index (κ2) is 5.21. The third-order valence-corrected chi connectivity index (χ3v) is 3.21. The Morgan fingerprint density at radius 3 is 2.60 bits per heavy atom. The molecule has 1 nitrogen and oxygen atoms in total. The molecule has 0 aliphatic heterocycles. The molecule has 1 aromatic carbocycles. The summed E-state index contributed by atoms with van der Waals surface area (Å²) in [4.78, 5) is 0. The van der Waals surface area contributed by atoms with Crippen LogP contribution in [0, 0.1) is 11.2 Å². The zero-order chi connectivity index (χ0) is 11.5. The van der Waals surface area contributed by atoms with Gasteiger partial charge in [0.05, 0.1) is 6.61 Å². The van der Waals surface area contributed by atoms with Crippen LogP contribution in [0.3, 0.4) is 0 Å². The molecule has 84 valence electrons. The number of benzene rings is 1. The lowest BCUT2D eigenvalue weighted by Gasteiger charge is -2.22. The molecular formula is C11H14BrFOS. The first-order valence-electron chi connectivity index (χ1n) is 4.63. The lowest BCUT2D eigenvalue weighted by Crippen LogP contribution is -2.23. The summed E-state index contributed by atoms with van der Waals surface area (Å²) in [6.45, 7) is 4.62. The Hall–Kier alpha value is -0.220. The fraction of sp³-hybridized carbons (Fsp3) is 0.455. The van der Waals surface area contributed by atoms with Gasteiger partial charge in [0.2, 0.25) is 0 Å². The van der Waals surface area contributed by atoms with E-state index in [1.165, 1.54) is 12.1 Å². The summed E-state index contributed by atoms with van der Waals surface area (Å²) in [6, 6.07) is 4.52. The maximum absolute atomic E-state index is 13.0. The van der Waals surface area contributed by atoms with Crippen molar-refractivity contribution in [3.8, 4) is 5.75 Å². The molecule has 0 N–H and O–H groups in total. The molecule has 0 saturated carbocycles. The zero-order valence-corrected chi connectivity index (χ0v) is 11.2. The van der Waals surface area contributed by atoms with Crippen molar-refractivity contribution in [3.05, 3.63) is 28.5 Å². The average molecular weight is 293 g/mol. The van der Waals surface area contributed by atoms with Gasteiger partial charge in [-0.15, -0.1) is 0 Å². The van der Waals surface area contributed by atoms with Crippen LogP contribution in [0.1, 0.15) is 13.8 Å². The van der Waals surface area contributed by atoms with Crippen molar-refractivity contribution < 1.29 is 9.13 Å². The van der Waals surface area contributed by atoms with Crippen LogP contribution in [0.4, 0.5) is 4.39 Å². The highest BCUT2D eigenvalue weighted by Gasteiger charge is 2.16. The van der Waals surface area contributed by atoms with Gasteiger partial charge < -0.3 is 4.74 Å². The predicted octanol–water partition coefficient (Wildman–Crippen LogP) is 3.92. The van der Waals surface area contributed by atoms with Crippen molar-refractivity contribution in [1.82, 2.24) is 0 Å². The van der Waals surface area contributed by atoms with Crippen molar-refractivity contribution in [2.45, 2.75) is 13.8 Å². The number of hydrogen-bond donors (Lipinski definition) is 1. The molecule has 0 unspecified atom stereocenters. The molecule has 0 spiro atoms. The molecule has 0 saturated heterocycles. The molecule has 0 radical (unpaired) electrons. The molecule has 0 amide bonds. The summed E-state index contributed by atoms with van der Waals surface area (Å²) in [7, 11) is 0. The van der Waals surface area contributed by atoms with E-state index < -0.39 is 0 Å². The van der Waals surface area contributed by atoms with Crippen LogP contribution in [-0.4, -0.2) is 12.4 Å². The number of rotatable bonds is 4. The summed E-state index contributed by atoms with van der Waals surface area (Å²) in [6.07, 6.45) is 0. The monoisotopic (exact) mass is 292 g/mol. The molecule has 0 heterocycles. The quantitative estimate of drug-likeness (QED) is 0.828. The number of hydrogen-bond acceptors (Lipinski definition) is 2. The van der Waals surface area contributed by atoms with Crippen molar-refractivity contribution in [2.75, 3.05) is 12.4 Å². The van der Waals surface area contributed by atoms with Crippen LogP contribution in [0.15, 0.2) is 22.7 Å². The van der Waals surface area contributed by atoms with Crippen LogP contribution >= 0.6 is 28.6 Å². The Kier molecular flexibility index (Phi) is 4.46. The van der Waals surface area contributed by atoms with Crippen LogP contribution in [0.25, 0.3) is 0 Å². The van der Waals surface area contributed by atoms with E-state index in [1.807, 2.05) is 13.8 Å². The van der Waals surface area contributed by atoms with Gasteiger partial charge in [0.1, 0.15) is 11.6 Å². The Labute approximate surface area is 104 Å². The fourth-order valence-electron chi connectivity index (χ4n) is 0.936. The van der Waals surface area contributed by atoms with Crippen LogP contribution in [0.5, 0.6) is 5.75 Å². The van der Waals surface area contributed by atoms with Gasteiger partial charge in [0.25, 0.3) is 0 Å². The van der Waals surface area contributed by atoms with Gasteiger partial charge in [-0.1, -0.05) is 29.8 Å². The average Bonchev–Trinajstić information content (AvgIpc) is 2.14. The molecule has 0 aromatic heterocycles. The number of halogens is 2. The fourth-order valence-corrected chi connectivity index (χ4v) is 1.47. The topological polar surface area (TPSA) is 9.23 Å². The maximum atomic E-state index is 13.0. The summed E-state index contributed by atoms with van der Waals surface area (Å²) >= 11 is 7.44. The minimum Gasteiger partial charge on any atom is -0.493 e. The largest absolute Gasteiger partial charge is 0.493 e. The highest BCUT2D eigenvalue weighted by Crippen LogP contribution is 2.23. The van der Waals surface area contributed by atoms with Crippen molar-refractivity contribution in [2.24, 2.45) is 5.41 Å². The smallest absolute Gasteiger partial charge is 0.128 e. The van der Waals surface area contributed by atoms with Gasteiger partial charge in [-0.25, -0.2) is 4.39 Å². The molecule has 0 aliphatic rings. The van der Waals surface area contributed by atoms with Gasteiger partial charge in [0, 0.05) is 16.0 Å². The summed E-state index contributed by atoms with van der Waals surface area (Å²) in [5, 5.41) is 0. The lowest BCUT2D eigenvalue weighted by atomic mass is 9.98. The minimum atomic E-state index is -0.303. The second-order valence-electron chi connectivity index (χ2n) is 4.22. The highest BCUT2D eigenvalue weighted by atomic mass is 79.9. The van der Waals surface area contributed by atoms with Crippen molar-refractivity contribution in [1.29, 1.82) is 0 Å². The molecular weight excluding hydrogens is 279 g/mol. The van der Waals surface area contributed by atoms with E-state index >= 15 is 0 Å². The van der Waals surface area contributed by atoms with Gasteiger partial charge in [-0.2, -0.15) is 12.6 Å². The summed E-state index contributed by atoms with van der Waals surface area (Å²) in [5.41, 5.74) is -0.0120. The first-order chi connectivity index (χ1) is 6.93. The third kappa shape index (κ3) is 4.43. The van der Waals surface area contributed by atoms with E-state index in [-0.39, 0.29) is 11.2 Å². The number of thiol groups is 1. The van der Waals surface area contributed by atoms with E-state index in [0.717, 1.165) is 5.75 Å². The van der Waals surface area contributed by atoms with Gasteiger partial charge in [-0.3, -0.25) is 0 Å². The van der Waals surface area contributed by atoms with Gasteiger partial charge in [-0.05, 0) is 17.9 Å². The Morgan fingerprint density at radius 2 is 2.07 bits per heavy atom. The van der Waals surface area contributed by atoms with Gasteiger partial charge >= 0.3 is 0 Å². The van der Waals surface area contributed by atoms with Crippen LogP contribution in [0.2, 0.25) is 0 Å². The van der Waals surface area contributed by atoms with E-state index in [4.69, 9.17) is 4.74 Å². The van der Waals surface area contributed by atoms with E-state index in [9.17, 15) is 4.39 Å². The molecule has 0 fully saturated rings. The Bertz CT molecular complexity index is 321. The van der Waals surface area contributed by atoms with Gasteiger partial charge in [0.15, 0.2) is 0 Å². The first-order valence-corrected chi connectivity index (χ1v) is 6.05. The molecule has 0 bridgehead atoms. The normalized spacial score (nSPS) is 11.5. The van der Waals surface area contributed by atoms with E-state index in [2.05, 4.69) is 28.6 Å². The SMILES string of the molecule is CC(C)(CS)COc1cc(F)cc(Br)c1. The summed E-state index contributed by atoms with van der Waals surface area (Å²) < 4.78 is 19.2. The van der Waals surface area contributed by atoms with E-state index in [1.54, 1.807) is 6.07 Å². The minimum absolute atomic E-state index is 0.0120. The molecule has 15 heavy (non-hydrogen) atoms. The Balaban J connectivity index is 2.65. The zero-order valence-electron chi connectivity index (χ0n) is 8.76. The molecule has 1 aromatic rings. The van der Waals surface area contributed by atoms with E-state index in [0.29, 0.717) is 16.8 Å². The third-order valence-electron chi connectivity index (χ3n) is 1.89. The maximum Gasteiger partial charge on any atom is 0.128 e. The molecule has 0 aliphatic carbocycles. The standard InChI is InChI=1S/C11H14BrFOS/c1-11(2,7-15)6-14-10-4-8(12)3-9(13)5-10/h3-5,15H,6-7H2,1-2H3. The second-order valence-corrected chi connectivity index (χ2v) is 5.45. The number of ether oxygens (including phenoxy) is 1. The summed E-state index contributed by atoms with van der Waals surface area (Å²) in [5.74, 6) is 0.962. The van der Waals surface area contributed by atoms with Crippen LogP contribution < -0.4 is 4.74 Å². The Morgan fingerprint density at radius 1 is 1.40 bits per heavy atom. The molecule has 4 heteroatoms. The van der Waals surface area contributed by atoms with Crippen LogP contribution in [-0.2, 0) is 0 Å². The first kappa shape index (κ1) is 12.8. The molecule has 0 atom stereocenters. The van der Waals surface area contributed by atoms with Crippen molar-refractivity contribution in [3.63, 3.8) is 0 Å².